The van der Waals surface area contributed by atoms with Crippen molar-refractivity contribution in [2.75, 3.05) is 20.0 Å². The topological polar surface area (TPSA) is 57.4 Å². The first-order valence-electron chi connectivity index (χ1n) is 9.04. The summed E-state index contributed by atoms with van der Waals surface area (Å²) in [7, 11) is 3.39. The monoisotopic (exact) mass is 360 g/mol. The van der Waals surface area contributed by atoms with Crippen molar-refractivity contribution in [1.82, 2.24) is 4.98 Å². The van der Waals surface area contributed by atoms with E-state index < -0.39 is 0 Å². The van der Waals surface area contributed by atoms with Crippen LogP contribution >= 0.6 is 11.3 Å². The number of rotatable bonds is 5. The lowest BCUT2D eigenvalue weighted by atomic mass is 9.79. The van der Waals surface area contributed by atoms with Crippen LogP contribution in [0.15, 0.2) is 12.1 Å². The number of thiazole rings is 1. The van der Waals surface area contributed by atoms with E-state index in [0.29, 0.717) is 17.0 Å². The third kappa shape index (κ3) is 3.61. The number of aryl methyl sites for hydroxylation is 1. The van der Waals surface area contributed by atoms with Crippen molar-refractivity contribution in [2.45, 2.75) is 51.9 Å². The molecule has 3 rings (SSSR count). The van der Waals surface area contributed by atoms with Gasteiger partial charge in [0.25, 0.3) is 0 Å². The number of ether oxygens (including phenoxy) is 2. The second-order valence-corrected chi connectivity index (χ2v) is 8.04. The number of hydrogen-bond acceptors (Lipinski definition) is 5. The van der Waals surface area contributed by atoms with Gasteiger partial charge in [0, 0.05) is 10.4 Å². The number of aromatic nitrogens is 1. The number of anilines is 1. The van der Waals surface area contributed by atoms with Crippen LogP contribution in [0.25, 0.3) is 11.3 Å². The van der Waals surface area contributed by atoms with Crippen LogP contribution in [0.2, 0.25) is 0 Å². The van der Waals surface area contributed by atoms with E-state index in [0.717, 1.165) is 28.3 Å². The van der Waals surface area contributed by atoms with Crippen molar-refractivity contribution in [3.8, 4) is 22.8 Å². The summed E-state index contributed by atoms with van der Waals surface area (Å²) in [6.07, 6.45) is 6.63. The van der Waals surface area contributed by atoms with Crippen molar-refractivity contribution in [3.63, 3.8) is 0 Å². The zero-order valence-corrected chi connectivity index (χ0v) is 16.4. The van der Waals surface area contributed by atoms with Gasteiger partial charge in [-0.3, -0.25) is 0 Å². The fraction of sp³-hybridized carbons (Fsp3) is 0.550. The molecule has 5 heteroatoms. The fourth-order valence-electron chi connectivity index (χ4n) is 3.93. The van der Waals surface area contributed by atoms with Gasteiger partial charge >= 0.3 is 0 Å². The highest BCUT2D eigenvalue weighted by molar-refractivity contribution is 7.15. The molecule has 1 aromatic heterocycles. The highest BCUT2D eigenvalue weighted by atomic mass is 32.1. The first-order chi connectivity index (χ1) is 12.0. The molecule has 1 aliphatic carbocycles. The SMILES string of the molecule is COc1cc(-c2nc(N)sc2C(C)C2CCCCC2)c(OC)cc1C. The van der Waals surface area contributed by atoms with Gasteiger partial charge in [-0.2, -0.15) is 0 Å². The lowest BCUT2D eigenvalue weighted by Gasteiger charge is -2.27. The van der Waals surface area contributed by atoms with Crippen LogP contribution in [0.4, 0.5) is 5.13 Å². The van der Waals surface area contributed by atoms with E-state index in [2.05, 4.69) is 11.9 Å². The number of nitrogen functional groups attached to an aromatic ring is 1. The van der Waals surface area contributed by atoms with Crippen molar-refractivity contribution >= 4 is 16.5 Å². The molecular weight excluding hydrogens is 332 g/mol. The molecule has 0 saturated heterocycles. The standard InChI is InChI=1S/C20H28N2O2S/c1-12-10-17(24-4)15(11-16(12)23-3)18-19(25-20(21)22-18)13(2)14-8-6-5-7-9-14/h10-11,13-14H,5-9H2,1-4H3,(H2,21,22). The maximum absolute atomic E-state index is 6.11. The summed E-state index contributed by atoms with van der Waals surface area (Å²) in [5.74, 6) is 2.84. The zero-order chi connectivity index (χ0) is 18.0. The molecule has 2 N–H and O–H groups in total. The Bertz CT molecular complexity index is 736. The van der Waals surface area contributed by atoms with Gasteiger partial charge in [-0.05, 0) is 49.3 Å². The van der Waals surface area contributed by atoms with Crippen molar-refractivity contribution in [3.05, 3.63) is 22.6 Å². The second kappa shape index (κ2) is 7.65. The van der Waals surface area contributed by atoms with E-state index in [-0.39, 0.29) is 0 Å². The second-order valence-electron chi connectivity index (χ2n) is 6.97. The molecule has 0 spiro atoms. The predicted molar refractivity (Wildman–Crippen MR) is 105 cm³/mol. The summed E-state index contributed by atoms with van der Waals surface area (Å²) in [5.41, 5.74) is 9.08. The zero-order valence-electron chi connectivity index (χ0n) is 15.6. The van der Waals surface area contributed by atoms with E-state index in [1.807, 2.05) is 19.1 Å². The van der Waals surface area contributed by atoms with Crippen LogP contribution in [0.5, 0.6) is 11.5 Å². The minimum Gasteiger partial charge on any atom is -0.496 e. The number of nitrogens with two attached hydrogens (primary N) is 1. The van der Waals surface area contributed by atoms with E-state index in [4.69, 9.17) is 15.2 Å². The Balaban J connectivity index is 2.06. The van der Waals surface area contributed by atoms with Crippen molar-refractivity contribution < 1.29 is 9.47 Å². The number of methoxy groups -OCH3 is 2. The molecule has 0 radical (unpaired) electrons. The Morgan fingerprint density at radius 3 is 2.44 bits per heavy atom. The van der Waals surface area contributed by atoms with Gasteiger partial charge in [0.2, 0.25) is 0 Å². The van der Waals surface area contributed by atoms with E-state index in [1.165, 1.54) is 37.0 Å². The summed E-state index contributed by atoms with van der Waals surface area (Å²) < 4.78 is 11.2. The summed E-state index contributed by atoms with van der Waals surface area (Å²) >= 11 is 1.62. The van der Waals surface area contributed by atoms with Gasteiger partial charge in [0.1, 0.15) is 11.5 Å². The first-order valence-corrected chi connectivity index (χ1v) is 9.86. The molecule has 0 aliphatic heterocycles. The Hall–Kier alpha value is -1.75. The molecule has 1 aromatic carbocycles. The number of nitrogens with zero attached hydrogens (tertiary/aromatic N) is 1. The van der Waals surface area contributed by atoms with Crippen LogP contribution in [-0.4, -0.2) is 19.2 Å². The van der Waals surface area contributed by atoms with Crippen LogP contribution in [0, 0.1) is 12.8 Å². The minimum atomic E-state index is 0.460. The number of benzene rings is 1. The molecule has 2 aromatic rings. The molecule has 1 aliphatic rings. The molecule has 136 valence electrons. The Morgan fingerprint density at radius 1 is 1.12 bits per heavy atom. The van der Waals surface area contributed by atoms with E-state index in [1.54, 1.807) is 25.6 Å². The normalized spacial score (nSPS) is 16.6. The molecule has 1 heterocycles. The molecule has 1 saturated carbocycles. The third-order valence-electron chi connectivity index (χ3n) is 5.41. The largest absolute Gasteiger partial charge is 0.496 e. The summed E-state index contributed by atoms with van der Waals surface area (Å²) in [4.78, 5) is 5.94. The van der Waals surface area contributed by atoms with Crippen molar-refractivity contribution in [2.24, 2.45) is 5.92 Å². The molecular formula is C20H28N2O2S. The molecule has 4 nitrogen and oxygen atoms in total. The van der Waals surface area contributed by atoms with Crippen molar-refractivity contribution in [1.29, 1.82) is 0 Å². The Labute approximate surface area is 154 Å². The minimum absolute atomic E-state index is 0.460. The van der Waals surface area contributed by atoms with Gasteiger partial charge in [0.15, 0.2) is 5.13 Å². The summed E-state index contributed by atoms with van der Waals surface area (Å²) in [5, 5.41) is 0.620. The third-order valence-corrected chi connectivity index (χ3v) is 6.50. The average Bonchev–Trinajstić information content (AvgIpc) is 3.03. The Kier molecular flexibility index (Phi) is 5.52. The van der Waals surface area contributed by atoms with Crippen LogP contribution in [0.3, 0.4) is 0 Å². The van der Waals surface area contributed by atoms with E-state index >= 15 is 0 Å². The highest BCUT2D eigenvalue weighted by Gasteiger charge is 2.27. The van der Waals surface area contributed by atoms with Gasteiger partial charge in [0.05, 0.1) is 19.9 Å². The van der Waals surface area contributed by atoms with Crippen LogP contribution < -0.4 is 15.2 Å². The molecule has 0 amide bonds. The van der Waals surface area contributed by atoms with Gasteiger partial charge in [-0.25, -0.2) is 4.98 Å². The van der Waals surface area contributed by atoms with Crippen LogP contribution in [-0.2, 0) is 0 Å². The number of hydrogen-bond donors (Lipinski definition) is 1. The van der Waals surface area contributed by atoms with Gasteiger partial charge < -0.3 is 15.2 Å². The van der Waals surface area contributed by atoms with Gasteiger partial charge in [-0.15, -0.1) is 11.3 Å². The highest BCUT2D eigenvalue weighted by Crippen LogP contribution is 2.46. The lowest BCUT2D eigenvalue weighted by molar-refractivity contribution is 0.318. The molecule has 1 fully saturated rings. The molecule has 25 heavy (non-hydrogen) atoms. The van der Waals surface area contributed by atoms with Crippen LogP contribution in [0.1, 0.15) is 55.4 Å². The smallest absolute Gasteiger partial charge is 0.180 e. The maximum Gasteiger partial charge on any atom is 0.180 e. The molecule has 0 bridgehead atoms. The molecule has 1 unspecified atom stereocenters. The predicted octanol–water partition coefficient (Wildman–Crippen LogP) is 5.40. The fourth-order valence-corrected chi connectivity index (χ4v) is 4.93. The first kappa shape index (κ1) is 18.1. The summed E-state index contributed by atoms with van der Waals surface area (Å²) in [6, 6.07) is 4.04. The Morgan fingerprint density at radius 2 is 1.80 bits per heavy atom. The van der Waals surface area contributed by atoms with E-state index in [9.17, 15) is 0 Å². The summed E-state index contributed by atoms with van der Waals surface area (Å²) in [6.45, 7) is 4.34. The van der Waals surface area contributed by atoms with Gasteiger partial charge in [-0.1, -0.05) is 26.2 Å². The quantitative estimate of drug-likeness (QED) is 0.775. The maximum atomic E-state index is 6.11. The average molecular weight is 361 g/mol. The molecule has 1 atom stereocenters. The lowest BCUT2D eigenvalue weighted by Crippen LogP contribution is -2.13.